The minimum absolute atomic E-state index is 0.0246. The van der Waals surface area contributed by atoms with Gasteiger partial charge in [-0.1, -0.05) is 17.7 Å². The summed E-state index contributed by atoms with van der Waals surface area (Å²) in [5.74, 6) is -0.463. The molecule has 0 amide bonds. The van der Waals surface area contributed by atoms with Crippen LogP contribution in [0.5, 0.6) is 0 Å². The summed E-state index contributed by atoms with van der Waals surface area (Å²) in [7, 11) is 0. The largest absolute Gasteiger partial charge is 0.322 e. The molecule has 24 heavy (non-hydrogen) atoms. The molecular weight excluding hydrogens is 331 g/mol. The van der Waals surface area contributed by atoms with Crippen LogP contribution in [0.4, 0.5) is 4.39 Å². The van der Waals surface area contributed by atoms with Gasteiger partial charge in [0.05, 0.1) is 33.8 Å². The van der Waals surface area contributed by atoms with Crippen molar-refractivity contribution in [2.24, 2.45) is 5.73 Å². The lowest BCUT2D eigenvalue weighted by molar-refractivity contribution is 0.630. The molecule has 0 aliphatic rings. The molecule has 3 aromatic rings. The first-order chi connectivity index (χ1) is 11.4. The van der Waals surface area contributed by atoms with Crippen molar-refractivity contribution >= 4 is 22.5 Å². The smallest absolute Gasteiger partial charge is 0.267 e. The number of benzene rings is 2. The van der Waals surface area contributed by atoms with E-state index in [9.17, 15) is 9.18 Å². The third kappa shape index (κ3) is 2.54. The molecule has 0 bridgehead atoms. The number of fused-ring (bicyclic) bond motifs is 1. The predicted octanol–water partition coefficient (Wildman–Crippen LogP) is 3.07. The van der Waals surface area contributed by atoms with Gasteiger partial charge in [-0.2, -0.15) is 5.26 Å². The van der Waals surface area contributed by atoms with Gasteiger partial charge in [-0.15, -0.1) is 0 Å². The molecule has 7 heteroatoms. The fraction of sp³-hybridized carbons (Fsp3) is 0.118. The minimum atomic E-state index is -0.647. The zero-order chi connectivity index (χ0) is 17.4. The third-order valence-electron chi connectivity index (χ3n) is 3.59. The molecule has 0 saturated heterocycles. The number of aromatic nitrogens is 2. The standard InChI is InChI=1S/C17H12ClFN4O/c1-9(21)16-22-15-13(19)6-5-12(18)14(15)17(24)23(16)11-4-2-3-10(7-11)8-20/h2-7,9H,21H2,1H3/t9-/m0/s1. The SMILES string of the molecule is C[C@H](N)c1nc2c(F)ccc(Cl)c2c(=O)n1-c1cccc(C#N)c1. The molecule has 5 nitrogen and oxygen atoms in total. The van der Waals surface area contributed by atoms with Crippen LogP contribution < -0.4 is 11.3 Å². The van der Waals surface area contributed by atoms with E-state index in [2.05, 4.69) is 4.98 Å². The minimum Gasteiger partial charge on any atom is -0.322 e. The number of nitrogens with zero attached hydrogens (tertiary/aromatic N) is 3. The number of halogens is 2. The van der Waals surface area contributed by atoms with E-state index in [1.54, 1.807) is 25.1 Å². The Morgan fingerprint density at radius 2 is 2.12 bits per heavy atom. The van der Waals surface area contributed by atoms with Crippen molar-refractivity contribution in [2.75, 3.05) is 0 Å². The normalized spacial score (nSPS) is 12.1. The van der Waals surface area contributed by atoms with Crippen molar-refractivity contribution in [3.8, 4) is 11.8 Å². The summed E-state index contributed by atoms with van der Waals surface area (Å²) in [6, 6.07) is 10.3. The lowest BCUT2D eigenvalue weighted by Gasteiger charge is -2.16. The van der Waals surface area contributed by atoms with Crippen molar-refractivity contribution in [2.45, 2.75) is 13.0 Å². The van der Waals surface area contributed by atoms with Crippen LogP contribution in [0.15, 0.2) is 41.2 Å². The van der Waals surface area contributed by atoms with E-state index in [1.165, 1.54) is 16.7 Å². The average Bonchev–Trinajstić information content (AvgIpc) is 2.57. The summed E-state index contributed by atoms with van der Waals surface area (Å²) >= 11 is 6.08. The molecule has 120 valence electrons. The van der Waals surface area contributed by atoms with Gasteiger partial charge in [0.1, 0.15) is 17.2 Å². The molecule has 0 aliphatic carbocycles. The fourth-order valence-electron chi connectivity index (χ4n) is 2.50. The van der Waals surface area contributed by atoms with E-state index in [-0.39, 0.29) is 21.7 Å². The highest BCUT2D eigenvalue weighted by atomic mass is 35.5. The maximum Gasteiger partial charge on any atom is 0.267 e. The van der Waals surface area contributed by atoms with Crippen LogP contribution >= 0.6 is 11.6 Å². The van der Waals surface area contributed by atoms with Crippen LogP contribution in [0, 0.1) is 17.1 Å². The maximum absolute atomic E-state index is 14.1. The molecule has 1 aromatic heterocycles. The van der Waals surface area contributed by atoms with Crippen LogP contribution in [0.25, 0.3) is 16.6 Å². The Balaban J connectivity index is 2.49. The molecule has 1 heterocycles. The van der Waals surface area contributed by atoms with Crippen LogP contribution in [0.2, 0.25) is 5.02 Å². The van der Waals surface area contributed by atoms with Gasteiger partial charge in [0.25, 0.3) is 5.56 Å². The molecule has 0 spiro atoms. The Morgan fingerprint density at radius 1 is 1.38 bits per heavy atom. The van der Waals surface area contributed by atoms with Crippen molar-refractivity contribution in [1.29, 1.82) is 5.26 Å². The fourth-order valence-corrected chi connectivity index (χ4v) is 2.74. The number of hydrogen-bond acceptors (Lipinski definition) is 4. The van der Waals surface area contributed by atoms with Gasteiger partial charge in [0.15, 0.2) is 0 Å². The Kier molecular flexibility index (Phi) is 4.06. The molecule has 0 aliphatic heterocycles. The van der Waals surface area contributed by atoms with Crippen LogP contribution in [-0.4, -0.2) is 9.55 Å². The first-order valence-electron chi connectivity index (χ1n) is 7.11. The molecule has 0 unspecified atom stereocenters. The first-order valence-corrected chi connectivity index (χ1v) is 7.48. The Hall–Kier alpha value is -2.75. The second-order valence-electron chi connectivity index (χ2n) is 5.31. The van der Waals surface area contributed by atoms with Crippen LogP contribution in [-0.2, 0) is 0 Å². The quantitative estimate of drug-likeness (QED) is 0.775. The van der Waals surface area contributed by atoms with E-state index < -0.39 is 17.4 Å². The maximum atomic E-state index is 14.1. The number of hydrogen-bond donors (Lipinski definition) is 1. The monoisotopic (exact) mass is 342 g/mol. The van der Waals surface area contributed by atoms with Gasteiger partial charge in [0, 0.05) is 0 Å². The van der Waals surface area contributed by atoms with E-state index in [4.69, 9.17) is 22.6 Å². The number of rotatable bonds is 2. The highest BCUT2D eigenvalue weighted by Crippen LogP contribution is 2.24. The Bertz CT molecular complexity index is 1050. The molecule has 2 N–H and O–H groups in total. The zero-order valence-corrected chi connectivity index (χ0v) is 13.4. The average molecular weight is 343 g/mol. The van der Waals surface area contributed by atoms with Crippen molar-refractivity contribution < 1.29 is 4.39 Å². The molecule has 0 saturated carbocycles. The lowest BCUT2D eigenvalue weighted by atomic mass is 10.1. The third-order valence-corrected chi connectivity index (χ3v) is 3.91. The second-order valence-corrected chi connectivity index (χ2v) is 5.72. The summed E-state index contributed by atoms with van der Waals surface area (Å²) in [6.07, 6.45) is 0. The van der Waals surface area contributed by atoms with Gasteiger partial charge in [0.2, 0.25) is 0 Å². The van der Waals surface area contributed by atoms with E-state index in [1.807, 2.05) is 6.07 Å². The summed E-state index contributed by atoms with van der Waals surface area (Å²) in [5.41, 5.74) is 6.07. The van der Waals surface area contributed by atoms with Crippen LogP contribution in [0.3, 0.4) is 0 Å². The number of nitriles is 1. The number of nitrogens with two attached hydrogens (primary N) is 1. The Labute approximate surface area is 141 Å². The summed E-state index contributed by atoms with van der Waals surface area (Å²) in [6.45, 7) is 1.64. The predicted molar refractivity (Wildman–Crippen MR) is 89.6 cm³/mol. The van der Waals surface area contributed by atoms with Gasteiger partial charge in [-0.25, -0.2) is 9.37 Å². The highest BCUT2D eigenvalue weighted by Gasteiger charge is 2.19. The summed E-state index contributed by atoms with van der Waals surface area (Å²) in [4.78, 5) is 17.2. The highest BCUT2D eigenvalue weighted by molar-refractivity contribution is 6.35. The molecule has 0 radical (unpaired) electrons. The topological polar surface area (TPSA) is 84.7 Å². The van der Waals surface area contributed by atoms with Gasteiger partial charge in [-0.05, 0) is 37.3 Å². The van der Waals surface area contributed by atoms with Crippen molar-refractivity contribution in [3.05, 3.63) is 69.0 Å². The van der Waals surface area contributed by atoms with Gasteiger partial charge in [-0.3, -0.25) is 9.36 Å². The Morgan fingerprint density at radius 3 is 2.79 bits per heavy atom. The molecule has 3 rings (SSSR count). The molecule has 0 fully saturated rings. The van der Waals surface area contributed by atoms with E-state index in [0.29, 0.717) is 11.3 Å². The van der Waals surface area contributed by atoms with Crippen LogP contribution in [0.1, 0.15) is 24.4 Å². The second kappa shape index (κ2) is 6.04. The molecule has 2 aromatic carbocycles. The molecular formula is C17H12ClFN4O. The lowest BCUT2D eigenvalue weighted by Crippen LogP contribution is -2.28. The summed E-state index contributed by atoms with van der Waals surface area (Å²) in [5, 5.41) is 9.14. The van der Waals surface area contributed by atoms with E-state index >= 15 is 0 Å². The zero-order valence-electron chi connectivity index (χ0n) is 12.6. The van der Waals surface area contributed by atoms with Gasteiger partial charge >= 0.3 is 0 Å². The van der Waals surface area contributed by atoms with Gasteiger partial charge < -0.3 is 5.73 Å². The van der Waals surface area contributed by atoms with Crippen molar-refractivity contribution in [1.82, 2.24) is 9.55 Å². The summed E-state index contributed by atoms with van der Waals surface area (Å²) < 4.78 is 15.4. The molecule has 1 atom stereocenters. The first kappa shape index (κ1) is 16.1. The van der Waals surface area contributed by atoms with Crippen molar-refractivity contribution in [3.63, 3.8) is 0 Å². The van der Waals surface area contributed by atoms with E-state index in [0.717, 1.165) is 6.07 Å².